The average molecular weight is 264 g/mol. The lowest BCUT2D eigenvalue weighted by atomic mass is 10.2. The van der Waals surface area contributed by atoms with Crippen LogP contribution in [0.15, 0.2) is 28.6 Å². The third kappa shape index (κ3) is 2.34. The van der Waals surface area contributed by atoms with E-state index in [9.17, 15) is 0 Å². The van der Waals surface area contributed by atoms with E-state index in [1.54, 1.807) is 0 Å². The van der Waals surface area contributed by atoms with Crippen LogP contribution in [0.5, 0.6) is 0 Å². The van der Waals surface area contributed by atoms with Crippen LogP contribution < -0.4 is 5.32 Å². The quantitative estimate of drug-likeness (QED) is 0.918. The van der Waals surface area contributed by atoms with Gasteiger partial charge in [0, 0.05) is 11.3 Å². The van der Waals surface area contributed by atoms with Crippen molar-refractivity contribution in [2.75, 3.05) is 7.05 Å². The second kappa shape index (κ2) is 4.96. The molecule has 0 bridgehead atoms. The number of para-hydroxylation sites is 1. The zero-order valence-corrected chi connectivity index (χ0v) is 11.5. The molecule has 90 valence electrons. The highest BCUT2D eigenvalue weighted by Crippen LogP contribution is 2.38. The van der Waals surface area contributed by atoms with E-state index in [-0.39, 0.29) is 0 Å². The van der Waals surface area contributed by atoms with E-state index in [1.807, 2.05) is 23.1 Å². The zero-order valence-electron chi connectivity index (χ0n) is 9.85. The van der Waals surface area contributed by atoms with Crippen LogP contribution in [-0.2, 0) is 0 Å². The van der Waals surface area contributed by atoms with Crippen LogP contribution in [0.3, 0.4) is 0 Å². The molecule has 0 spiro atoms. The van der Waals surface area contributed by atoms with Crippen molar-refractivity contribution in [3.8, 4) is 0 Å². The molecule has 2 atom stereocenters. The predicted octanol–water partition coefficient (Wildman–Crippen LogP) is 3.53. The number of benzene rings is 1. The van der Waals surface area contributed by atoms with Crippen molar-refractivity contribution in [2.45, 2.75) is 34.9 Å². The minimum atomic E-state index is 0.659. The Labute approximate surface area is 110 Å². The van der Waals surface area contributed by atoms with Gasteiger partial charge in [0.1, 0.15) is 0 Å². The van der Waals surface area contributed by atoms with Crippen molar-refractivity contribution in [3.63, 3.8) is 0 Å². The van der Waals surface area contributed by atoms with Gasteiger partial charge in [-0.05, 0) is 32.0 Å². The van der Waals surface area contributed by atoms with Crippen molar-refractivity contribution in [1.82, 2.24) is 10.3 Å². The van der Waals surface area contributed by atoms with Gasteiger partial charge < -0.3 is 5.32 Å². The summed E-state index contributed by atoms with van der Waals surface area (Å²) in [5, 5.41) is 4.12. The van der Waals surface area contributed by atoms with Crippen molar-refractivity contribution >= 4 is 33.3 Å². The Bertz CT molecular complexity index is 476. The third-order valence-corrected chi connectivity index (χ3v) is 5.88. The molecule has 2 unspecified atom stereocenters. The highest BCUT2D eigenvalue weighted by Gasteiger charge is 2.27. The van der Waals surface area contributed by atoms with Gasteiger partial charge in [0.15, 0.2) is 4.34 Å². The van der Waals surface area contributed by atoms with E-state index in [2.05, 4.69) is 36.6 Å². The van der Waals surface area contributed by atoms with E-state index in [1.165, 1.54) is 28.3 Å². The number of fused-ring (bicyclic) bond motifs is 1. The number of thioether (sulfide) groups is 1. The van der Waals surface area contributed by atoms with Crippen LogP contribution >= 0.6 is 23.1 Å². The topological polar surface area (TPSA) is 24.9 Å². The van der Waals surface area contributed by atoms with Crippen molar-refractivity contribution in [1.29, 1.82) is 0 Å². The molecule has 0 radical (unpaired) electrons. The molecule has 1 aliphatic carbocycles. The van der Waals surface area contributed by atoms with E-state index in [4.69, 9.17) is 4.98 Å². The number of rotatable bonds is 3. The highest BCUT2D eigenvalue weighted by atomic mass is 32.2. The summed E-state index contributed by atoms with van der Waals surface area (Å²) in [4.78, 5) is 4.70. The van der Waals surface area contributed by atoms with Crippen molar-refractivity contribution in [3.05, 3.63) is 24.3 Å². The Morgan fingerprint density at radius 1 is 1.35 bits per heavy atom. The minimum Gasteiger partial charge on any atom is -0.316 e. The van der Waals surface area contributed by atoms with Crippen LogP contribution in [0.4, 0.5) is 0 Å². The largest absolute Gasteiger partial charge is 0.316 e. The summed E-state index contributed by atoms with van der Waals surface area (Å²) in [6.45, 7) is 0. The molecule has 1 aromatic carbocycles. The predicted molar refractivity (Wildman–Crippen MR) is 76.0 cm³/mol. The maximum Gasteiger partial charge on any atom is 0.151 e. The number of hydrogen-bond acceptors (Lipinski definition) is 4. The SMILES string of the molecule is CNC1CCCC1Sc1nc2ccccc2s1. The Hall–Kier alpha value is -0.580. The van der Waals surface area contributed by atoms with Gasteiger partial charge in [0.25, 0.3) is 0 Å². The molecule has 3 rings (SSSR count). The summed E-state index contributed by atoms with van der Waals surface area (Å²) in [7, 11) is 2.07. The summed E-state index contributed by atoms with van der Waals surface area (Å²) >= 11 is 3.78. The molecule has 0 aliphatic heterocycles. The Balaban J connectivity index is 1.80. The van der Waals surface area contributed by atoms with E-state index in [0.29, 0.717) is 11.3 Å². The maximum absolute atomic E-state index is 4.70. The van der Waals surface area contributed by atoms with Crippen molar-refractivity contribution in [2.24, 2.45) is 0 Å². The van der Waals surface area contributed by atoms with Crippen molar-refractivity contribution < 1.29 is 0 Å². The van der Waals surface area contributed by atoms with Crippen LogP contribution in [0, 0.1) is 0 Å². The Kier molecular flexibility index (Phi) is 3.36. The van der Waals surface area contributed by atoms with Crippen LogP contribution in [0.25, 0.3) is 10.2 Å². The second-order valence-corrected chi connectivity index (χ2v) is 6.95. The molecule has 0 saturated heterocycles. The minimum absolute atomic E-state index is 0.659. The normalized spacial score (nSPS) is 24.5. The van der Waals surface area contributed by atoms with Gasteiger partial charge >= 0.3 is 0 Å². The summed E-state index contributed by atoms with van der Waals surface area (Å²) in [6, 6.07) is 9.05. The van der Waals surface area contributed by atoms with Crippen LogP contribution in [-0.4, -0.2) is 23.3 Å². The number of thiazole rings is 1. The third-order valence-electron chi connectivity index (χ3n) is 3.35. The lowest BCUT2D eigenvalue weighted by molar-refractivity contribution is 0.591. The smallest absolute Gasteiger partial charge is 0.151 e. The zero-order chi connectivity index (χ0) is 11.7. The molecule has 1 saturated carbocycles. The van der Waals surface area contributed by atoms with Gasteiger partial charge in [-0.2, -0.15) is 0 Å². The van der Waals surface area contributed by atoms with Gasteiger partial charge in [-0.25, -0.2) is 4.98 Å². The molecular weight excluding hydrogens is 248 g/mol. The van der Waals surface area contributed by atoms with E-state index < -0.39 is 0 Å². The first kappa shape index (κ1) is 11.5. The molecule has 0 amide bonds. The molecule has 1 N–H and O–H groups in total. The molecule has 17 heavy (non-hydrogen) atoms. The molecular formula is C13H16N2S2. The summed E-state index contributed by atoms with van der Waals surface area (Å²) in [5.74, 6) is 0. The monoisotopic (exact) mass is 264 g/mol. The highest BCUT2D eigenvalue weighted by molar-refractivity contribution is 8.01. The first-order chi connectivity index (χ1) is 8.36. The lowest BCUT2D eigenvalue weighted by Gasteiger charge is -2.16. The van der Waals surface area contributed by atoms with Gasteiger partial charge in [0.2, 0.25) is 0 Å². The average Bonchev–Trinajstić information content (AvgIpc) is 2.94. The summed E-state index contributed by atoms with van der Waals surface area (Å²) in [6.07, 6.45) is 3.96. The first-order valence-electron chi connectivity index (χ1n) is 6.06. The molecule has 1 heterocycles. The van der Waals surface area contributed by atoms with Gasteiger partial charge in [-0.3, -0.25) is 0 Å². The Morgan fingerprint density at radius 3 is 3.06 bits per heavy atom. The fourth-order valence-corrected chi connectivity index (χ4v) is 5.09. The van der Waals surface area contributed by atoms with Crippen LogP contribution in [0.2, 0.25) is 0 Å². The summed E-state index contributed by atoms with van der Waals surface area (Å²) in [5.41, 5.74) is 1.14. The first-order valence-corrected chi connectivity index (χ1v) is 7.76. The fourth-order valence-electron chi connectivity index (χ4n) is 2.43. The number of hydrogen-bond donors (Lipinski definition) is 1. The molecule has 1 aliphatic rings. The standard InChI is InChI=1S/C13H16N2S2/c1-14-9-6-4-8-11(9)16-13-15-10-5-2-3-7-12(10)17-13/h2-3,5,7,9,11,14H,4,6,8H2,1H3. The maximum atomic E-state index is 4.70. The number of nitrogens with zero attached hydrogens (tertiary/aromatic N) is 1. The second-order valence-electron chi connectivity index (χ2n) is 4.43. The molecule has 4 heteroatoms. The number of aromatic nitrogens is 1. The molecule has 1 aromatic heterocycles. The summed E-state index contributed by atoms with van der Waals surface area (Å²) < 4.78 is 2.52. The molecule has 1 fully saturated rings. The fraction of sp³-hybridized carbons (Fsp3) is 0.462. The lowest BCUT2D eigenvalue weighted by Crippen LogP contribution is -2.30. The van der Waals surface area contributed by atoms with Gasteiger partial charge in [-0.1, -0.05) is 30.3 Å². The van der Waals surface area contributed by atoms with Crippen LogP contribution in [0.1, 0.15) is 19.3 Å². The van der Waals surface area contributed by atoms with E-state index >= 15 is 0 Å². The molecule has 2 nitrogen and oxygen atoms in total. The van der Waals surface area contributed by atoms with Gasteiger partial charge in [-0.15, -0.1) is 11.3 Å². The van der Waals surface area contributed by atoms with Gasteiger partial charge in [0.05, 0.1) is 10.2 Å². The Morgan fingerprint density at radius 2 is 2.24 bits per heavy atom. The number of nitrogens with one attached hydrogen (secondary N) is 1. The van der Waals surface area contributed by atoms with E-state index in [0.717, 1.165) is 5.52 Å². The molecule has 2 aromatic rings.